The molecule has 1 aromatic carbocycles. The Morgan fingerprint density at radius 1 is 1.41 bits per heavy atom. The number of hydrogen-bond donors (Lipinski definition) is 2. The van der Waals surface area contributed by atoms with Gasteiger partial charge in [-0.1, -0.05) is 17.7 Å². The fourth-order valence-electron chi connectivity index (χ4n) is 1.93. The van der Waals surface area contributed by atoms with E-state index in [-0.39, 0.29) is 6.03 Å². The highest BCUT2D eigenvalue weighted by Crippen LogP contribution is 2.25. The molecule has 0 saturated heterocycles. The maximum Gasteiger partial charge on any atom is 0.315 e. The van der Waals surface area contributed by atoms with Crippen LogP contribution in [0.5, 0.6) is 5.75 Å². The number of nitrogens with zero attached hydrogens (tertiary/aromatic N) is 1. The molecule has 7 heteroatoms. The average Bonchev–Trinajstić information content (AvgIpc) is 2.91. The molecule has 0 bridgehead atoms. The molecular weight excluding hydrogens is 322 g/mol. The fraction of sp³-hybridized carbons (Fsp3) is 0.333. The molecule has 0 aliphatic carbocycles. The first-order valence-electron chi connectivity index (χ1n) is 6.84. The molecule has 2 rings (SSSR count). The number of nitrogens with one attached hydrogen (secondary N) is 2. The SMILES string of the molecule is COc1cccc(Cl)c1CNC(=O)NCCc1ncc(C)s1. The molecule has 0 atom stereocenters. The van der Waals surface area contributed by atoms with Crippen LogP contribution < -0.4 is 15.4 Å². The van der Waals surface area contributed by atoms with Crippen LogP contribution in [0.1, 0.15) is 15.4 Å². The van der Waals surface area contributed by atoms with Crippen molar-refractivity contribution in [1.82, 2.24) is 15.6 Å². The summed E-state index contributed by atoms with van der Waals surface area (Å²) in [6.45, 7) is 2.86. The van der Waals surface area contributed by atoms with Crippen molar-refractivity contribution >= 4 is 29.0 Å². The minimum atomic E-state index is -0.241. The third-order valence-electron chi connectivity index (χ3n) is 3.02. The number of carbonyl (C=O) groups is 1. The molecule has 0 aliphatic heterocycles. The number of urea groups is 1. The van der Waals surface area contributed by atoms with Gasteiger partial charge in [0.2, 0.25) is 0 Å². The first kappa shape index (κ1) is 16.6. The Hall–Kier alpha value is -1.79. The summed E-state index contributed by atoms with van der Waals surface area (Å²) in [7, 11) is 1.57. The lowest BCUT2D eigenvalue weighted by atomic mass is 10.2. The summed E-state index contributed by atoms with van der Waals surface area (Å²) in [6, 6.07) is 5.14. The number of aromatic nitrogens is 1. The highest BCUT2D eigenvalue weighted by molar-refractivity contribution is 7.11. The quantitative estimate of drug-likeness (QED) is 0.849. The van der Waals surface area contributed by atoms with Gasteiger partial charge in [0.1, 0.15) is 5.75 Å². The largest absolute Gasteiger partial charge is 0.496 e. The van der Waals surface area contributed by atoms with Gasteiger partial charge in [-0.25, -0.2) is 9.78 Å². The van der Waals surface area contributed by atoms with Crippen LogP contribution in [0.4, 0.5) is 4.79 Å². The molecule has 0 saturated carbocycles. The summed E-state index contributed by atoms with van der Waals surface area (Å²) in [5.41, 5.74) is 0.761. The maximum atomic E-state index is 11.8. The van der Waals surface area contributed by atoms with Gasteiger partial charge in [-0.2, -0.15) is 0 Å². The molecule has 0 aliphatic rings. The summed E-state index contributed by atoms with van der Waals surface area (Å²) in [6.07, 6.45) is 2.56. The fourth-order valence-corrected chi connectivity index (χ4v) is 2.95. The number of benzene rings is 1. The Bertz CT molecular complexity index is 645. The van der Waals surface area contributed by atoms with Crippen molar-refractivity contribution in [2.24, 2.45) is 0 Å². The summed E-state index contributed by atoms with van der Waals surface area (Å²) >= 11 is 7.76. The van der Waals surface area contributed by atoms with Crippen LogP contribution in [0.15, 0.2) is 24.4 Å². The summed E-state index contributed by atoms with van der Waals surface area (Å²) in [5, 5.41) is 7.16. The molecule has 22 heavy (non-hydrogen) atoms. The van der Waals surface area contributed by atoms with E-state index in [2.05, 4.69) is 15.6 Å². The number of amides is 2. The van der Waals surface area contributed by atoms with Crippen molar-refractivity contribution < 1.29 is 9.53 Å². The molecule has 1 aromatic heterocycles. The highest BCUT2D eigenvalue weighted by Gasteiger charge is 2.09. The van der Waals surface area contributed by atoms with Gasteiger partial charge >= 0.3 is 6.03 Å². The molecule has 118 valence electrons. The van der Waals surface area contributed by atoms with Gasteiger partial charge in [0.25, 0.3) is 0 Å². The first-order chi connectivity index (χ1) is 10.6. The van der Waals surface area contributed by atoms with E-state index in [0.717, 1.165) is 17.0 Å². The number of hydrogen-bond acceptors (Lipinski definition) is 4. The third-order valence-corrected chi connectivity index (χ3v) is 4.34. The Morgan fingerprint density at radius 2 is 2.23 bits per heavy atom. The number of rotatable bonds is 6. The van der Waals surface area contributed by atoms with E-state index in [1.54, 1.807) is 30.6 Å². The zero-order chi connectivity index (χ0) is 15.9. The Morgan fingerprint density at radius 3 is 2.91 bits per heavy atom. The number of carbonyl (C=O) groups excluding carboxylic acids is 1. The number of ether oxygens (including phenoxy) is 1. The van der Waals surface area contributed by atoms with E-state index >= 15 is 0 Å². The Kier molecular flexibility index (Phi) is 6.03. The van der Waals surface area contributed by atoms with E-state index in [1.165, 1.54) is 4.88 Å². The van der Waals surface area contributed by atoms with Crippen LogP contribution in [-0.2, 0) is 13.0 Å². The van der Waals surface area contributed by atoms with Crippen molar-refractivity contribution in [1.29, 1.82) is 0 Å². The second-order valence-electron chi connectivity index (χ2n) is 4.64. The zero-order valence-corrected chi connectivity index (χ0v) is 14.1. The van der Waals surface area contributed by atoms with Crippen LogP contribution in [0, 0.1) is 6.92 Å². The Labute approximate surface area is 138 Å². The number of thiazole rings is 1. The predicted molar refractivity (Wildman–Crippen MR) is 88.8 cm³/mol. The molecule has 2 N–H and O–H groups in total. The molecule has 2 amide bonds. The minimum absolute atomic E-state index is 0.241. The van der Waals surface area contributed by atoms with Crippen LogP contribution >= 0.6 is 22.9 Å². The van der Waals surface area contributed by atoms with Gasteiger partial charge in [0.15, 0.2) is 0 Å². The third kappa shape index (κ3) is 4.61. The van der Waals surface area contributed by atoms with Crippen LogP contribution in [0.25, 0.3) is 0 Å². The Balaban J connectivity index is 1.78. The molecule has 0 fully saturated rings. The lowest BCUT2D eigenvalue weighted by Crippen LogP contribution is -2.36. The van der Waals surface area contributed by atoms with Crippen molar-refractivity contribution in [2.75, 3.05) is 13.7 Å². The van der Waals surface area contributed by atoms with E-state index in [0.29, 0.717) is 23.9 Å². The minimum Gasteiger partial charge on any atom is -0.496 e. The highest BCUT2D eigenvalue weighted by atomic mass is 35.5. The number of methoxy groups -OCH3 is 1. The van der Waals surface area contributed by atoms with Crippen molar-refractivity contribution in [3.63, 3.8) is 0 Å². The number of aryl methyl sites for hydroxylation is 1. The molecule has 1 heterocycles. The molecule has 2 aromatic rings. The van der Waals surface area contributed by atoms with E-state index in [1.807, 2.05) is 19.2 Å². The monoisotopic (exact) mass is 339 g/mol. The van der Waals surface area contributed by atoms with Crippen molar-refractivity contribution in [3.05, 3.63) is 44.9 Å². The summed E-state index contributed by atoms with van der Waals surface area (Å²) in [4.78, 5) is 17.2. The standard InChI is InChI=1S/C15H18ClN3O2S/c1-10-8-18-14(22-10)6-7-17-15(20)19-9-11-12(16)4-3-5-13(11)21-2/h3-5,8H,6-7,9H2,1-2H3,(H2,17,19,20). The van der Waals surface area contributed by atoms with E-state index in [4.69, 9.17) is 16.3 Å². The predicted octanol–water partition coefficient (Wildman–Crippen LogP) is 3.16. The van der Waals surface area contributed by atoms with Gasteiger partial charge in [0, 0.05) is 41.2 Å². The summed E-state index contributed by atoms with van der Waals surface area (Å²) < 4.78 is 5.24. The summed E-state index contributed by atoms with van der Waals surface area (Å²) in [5.74, 6) is 0.658. The average molecular weight is 340 g/mol. The van der Waals surface area contributed by atoms with Crippen LogP contribution in [0.2, 0.25) is 5.02 Å². The molecule has 5 nitrogen and oxygen atoms in total. The topological polar surface area (TPSA) is 63.2 Å². The lowest BCUT2D eigenvalue weighted by molar-refractivity contribution is 0.240. The first-order valence-corrected chi connectivity index (χ1v) is 8.04. The normalized spacial score (nSPS) is 10.3. The van der Waals surface area contributed by atoms with Gasteiger partial charge in [0.05, 0.1) is 12.1 Å². The smallest absolute Gasteiger partial charge is 0.315 e. The van der Waals surface area contributed by atoms with Gasteiger partial charge in [-0.3, -0.25) is 0 Å². The van der Waals surface area contributed by atoms with E-state index < -0.39 is 0 Å². The zero-order valence-electron chi connectivity index (χ0n) is 12.5. The van der Waals surface area contributed by atoms with Gasteiger partial charge in [-0.05, 0) is 19.1 Å². The molecule has 0 radical (unpaired) electrons. The second kappa shape index (κ2) is 8.00. The second-order valence-corrected chi connectivity index (χ2v) is 6.37. The van der Waals surface area contributed by atoms with Crippen LogP contribution in [0.3, 0.4) is 0 Å². The van der Waals surface area contributed by atoms with Gasteiger partial charge in [-0.15, -0.1) is 11.3 Å². The number of halogens is 1. The van der Waals surface area contributed by atoms with Gasteiger partial charge < -0.3 is 15.4 Å². The molecular formula is C15H18ClN3O2S. The maximum absolute atomic E-state index is 11.8. The van der Waals surface area contributed by atoms with Crippen molar-refractivity contribution in [3.8, 4) is 5.75 Å². The van der Waals surface area contributed by atoms with E-state index in [9.17, 15) is 4.79 Å². The molecule has 0 spiro atoms. The molecule has 0 unspecified atom stereocenters. The van der Waals surface area contributed by atoms with Crippen molar-refractivity contribution in [2.45, 2.75) is 19.9 Å². The lowest BCUT2D eigenvalue weighted by Gasteiger charge is -2.12. The van der Waals surface area contributed by atoms with Crippen LogP contribution in [-0.4, -0.2) is 24.7 Å².